The van der Waals surface area contributed by atoms with E-state index in [9.17, 15) is 4.79 Å². The molecule has 1 amide bonds. The molecule has 18 heavy (non-hydrogen) atoms. The lowest BCUT2D eigenvalue weighted by molar-refractivity contribution is -0.126. The number of ether oxygens (including phenoxy) is 2. The number of likely N-dealkylation sites (N-methyl/N-ethyl adjacent to an activating group) is 1. The van der Waals surface area contributed by atoms with Crippen LogP contribution in [0, 0.1) is 0 Å². The van der Waals surface area contributed by atoms with Crippen LogP contribution in [-0.2, 0) is 14.3 Å². The smallest absolute Gasteiger partial charge is 0.246 e. The van der Waals surface area contributed by atoms with Gasteiger partial charge >= 0.3 is 0 Å². The lowest BCUT2D eigenvalue weighted by Gasteiger charge is -2.42. The Kier molecular flexibility index (Phi) is 6.60. The van der Waals surface area contributed by atoms with Gasteiger partial charge in [0.05, 0.1) is 0 Å². The number of amides is 1. The van der Waals surface area contributed by atoms with Crippen LogP contribution in [0.25, 0.3) is 0 Å². The fraction of sp³-hybridized carbons (Fsp3) is 0.923. The van der Waals surface area contributed by atoms with Crippen LogP contribution in [0.5, 0.6) is 0 Å². The van der Waals surface area contributed by atoms with Crippen molar-refractivity contribution in [2.45, 2.75) is 31.7 Å². The summed E-state index contributed by atoms with van der Waals surface area (Å²) < 4.78 is 10.6. The Morgan fingerprint density at radius 1 is 1.39 bits per heavy atom. The predicted octanol–water partition coefficient (Wildman–Crippen LogP) is 0.640. The van der Waals surface area contributed by atoms with Crippen LogP contribution in [0.2, 0.25) is 0 Å². The van der Waals surface area contributed by atoms with Gasteiger partial charge < -0.3 is 19.7 Å². The first-order valence-corrected chi connectivity index (χ1v) is 6.70. The Hall–Kier alpha value is -0.650. The predicted molar refractivity (Wildman–Crippen MR) is 70.6 cm³/mol. The van der Waals surface area contributed by atoms with Crippen molar-refractivity contribution in [1.82, 2.24) is 10.2 Å². The first-order valence-electron chi connectivity index (χ1n) is 6.70. The van der Waals surface area contributed by atoms with E-state index in [0.717, 1.165) is 32.5 Å². The Bertz CT molecular complexity index is 251. The van der Waals surface area contributed by atoms with Crippen molar-refractivity contribution in [2.75, 3.05) is 47.1 Å². The number of nitrogens with one attached hydrogen (secondary N) is 1. The summed E-state index contributed by atoms with van der Waals surface area (Å²) in [6.07, 6.45) is 2.85. The molecule has 0 unspecified atom stereocenters. The zero-order valence-electron chi connectivity index (χ0n) is 11.8. The fourth-order valence-electron chi connectivity index (χ4n) is 2.16. The molecule has 5 nitrogen and oxygen atoms in total. The lowest BCUT2D eigenvalue weighted by atomic mass is 9.88. The summed E-state index contributed by atoms with van der Waals surface area (Å²) in [4.78, 5) is 13.8. The van der Waals surface area contributed by atoms with E-state index in [1.54, 1.807) is 0 Å². The van der Waals surface area contributed by atoms with Crippen LogP contribution in [-0.4, -0.2) is 63.4 Å². The fourth-order valence-corrected chi connectivity index (χ4v) is 2.16. The molecule has 0 aromatic carbocycles. The van der Waals surface area contributed by atoms with Gasteiger partial charge in [-0.3, -0.25) is 4.79 Å². The second-order valence-corrected chi connectivity index (χ2v) is 5.06. The number of rotatable bonds is 7. The normalized spacial score (nSPS) is 18.9. The minimum atomic E-state index is -0.0313. The van der Waals surface area contributed by atoms with E-state index in [1.165, 1.54) is 0 Å². The molecule has 0 aromatic rings. The Morgan fingerprint density at radius 2 is 2.06 bits per heavy atom. The van der Waals surface area contributed by atoms with Gasteiger partial charge in [-0.15, -0.1) is 0 Å². The van der Waals surface area contributed by atoms with Crippen LogP contribution in [0.4, 0.5) is 0 Å². The summed E-state index contributed by atoms with van der Waals surface area (Å²) in [6.45, 7) is 5.02. The average molecular weight is 258 g/mol. The number of nitrogens with zero attached hydrogens (tertiary/aromatic N) is 1. The van der Waals surface area contributed by atoms with Gasteiger partial charge in [-0.05, 0) is 33.4 Å². The van der Waals surface area contributed by atoms with E-state index < -0.39 is 0 Å². The maximum atomic E-state index is 11.6. The van der Waals surface area contributed by atoms with Gasteiger partial charge in [0, 0.05) is 31.9 Å². The van der Waals surface area contributed by atoms with E-state index >= 15 is 0 Å². The second-order valence-electron chi connectivity index (χ2n) is 5.06. The molecule has 0 aliphatic carbocycles. The summed E-state index contributed by atoms with van der Waals surface area (Å²) in [5, 5.41) is 2.97. The molecule has 1 aliphatic rings. The quantitative estimate of drug-likeness (QED) is 0.681. The van der Waals surface area contributed by atoms with Gasteiger partial charge in [-0.1, -0.05) is 6.92 Å². The molecule has 0 atom stereocenters. The highest BCUT2D eigenvalue weighted by atomic mass is 16.5. The molecule has 0 saturated carbocycles. The van der Waals surface area contributed by atoms with E-state index in [1.807, 2.05) is 6.92 Å². The lowest BCUT2D eigenvalue weighted by Crippen LogP contribution is -2.56. The van der Waals surface area contributed by atoms with Crippen molar-refractivity contribution in [3.63, 3.8) is 0 Å². The molecule has 1 heterocycles. The summed E-state index contributed by atoms with van der Waals surface area (Å²) in [7, 11) is 4.12. The zero-order chi connectivity index (χ0) is 13.4. The maximum absolute atomic E-state index is 11.6. The zero-order valence-corrected chi connectivity index (χ0v) is 11.8. The highest BCUT2D eigenvalue weighted by Crippen LogP contribution is 2.24. The monoisotopic (exact) mass is 258 g/mol. The highest BCUT2D eigenvalue weighted by molar-refractivity contribution is 5.77. The molecule has 0 bridgehead atoms. The molecule has 1 N–H and O–H groups in total. The van der Waals surface area contributed by atoms with Crippen molar-refractivity contribution < 1.29 is 14.3 Å². The largest absolute Gasteiger partial charge is 0.381 e. The summed E-state index contributed by atoms with van der Waals surface area (Å²) in [5.74, 6) is -0.0313. The van der Waals surface area contributed by atoms with E-state index in [0.29, 0.717) is 13.2 Å². The molecule has 0 spiro atoms. The van der Waals surface area contributed by atoms with E-state index in [2.05, 4.69) is 24.3 Å². The summed E-state index contributed by atoms with van der Waals surface area (Å²) >= 11 is 0. The molecule has 1 fully saturated rings. The van der Waals surface area contributed by atoms with Gasteiger partial charge in [0.2, 0.25) is 5.91 Å². The van der Waals surface area contributed by atoms with Crippen molar-refractivity contribution in [3.05, 3.63) is 0 Å². The van der Waals surface area contributed by atoms with Crippen molar-refractivity contribution in [3.8, 4) is 0 Å². The van der Waals surface area contributed by atoms with Crippen molar-refractivity contribution in [1.29, 1.82) is 0 Å². The van der Waals surface area contributed by atoms with Gasteiger partial charge in [0.15, 0.2) is 0 Å². The Morgan fingerprint density at radius 3 is 2.61 bits per heavy atom. The molecule has 106 valence electrons. The van der Waals surface area contributed by atoms with Crippen LogP contribution in [0.3, 0.4) is 0 Å². The summed E-state index contributed by atoms with van der Waals surface area (Å²) in [5.41, 5.74) is 0.0265. The molecule has 1 rings (SSSR count). The van der Waals surface area contributed by atoms with Crippen LogP contribution in [0.15, 0.2) is 0 Å². The van der Waals surface area contributed by atoms with Gasteiger partial charge in [-0.2, -0.15) is 0 Å². The van der Waals surface area contributed by atoms with E-state index in [-0.39, 0.29) is 18.1 Å². The van der Waals surface area contributed by atoms with E-state index in [4.69, 9.17) is 9.47 Å². The van der Waals surface area contributed by atoms with Crippen molar-refractivity contribution >= 4 is 5.91 Å². The minimum Gasteiger partial charge on any atom is -0.381 e. The second kappa shape index (κ2) is 7.71. The molecule has 1 saturated heterocycles. The highest BCUT2D eigenvalue weighted by Gasteiger charge is 2.34. The topological polar surface area (TPSA) is 50.8 Å². The molecule has 0 aromatic heterocycles. The van der Waals surface area contributed by atoms with Crippen LogP contribution >= 0.6 is 0 Å². The van der Waals surface area contributed by atoms with Crippen molar-refractivity contribution in [2.24, 2.45) is 0 Å². The minimum absolute atomic E-state index is 0.0265. The maximum Gasteiger partial charge on any atom is 0.246 e. The molecular formula is C13H26N2O3. The van der Waals surface area contributed by atoms with Gasteiger partial charge in [0.25, 0.3) is 0 Å². The molecule has 1 aliphatic heterocycles. The Balaban J connectivity index is 2.35. The Labute approximate surface area is 110 Å². The molecule has 5 heteroatoms. The SMILES string of the molecule is CCCOCC(=O)NCC1(N(C)C)CCOCC1. The van der Waals surface area contributed by atoms with Gasteiger partial charge in [0.1, 0.15) is 6.61 Å². The first kappa shape index (κ1) is 15.4. The summed E-state index contributed by atoms with van der Waals surface area (Å²) in [6, 6.07) is 0. The third-order valence-corrected chi connectivity index (χ3v) is 3.57. The third-order valence-electron chi connectivity index (χ3n) is 3.57. The molecule has 0 radical (unpaired) electrons. The van der Waals surface area contributed by atoms with Crippen LogP contribution in [0.1, 0.15) is 26.2 Å². The molecular weight excluding hydrogens is 232 g/mol. The number of hydrogen-bond donors (Lipinski definition) is 1. The number of carbonyl (C=O) groups excluding carboxylic acids is 1. The number of hydrogen-bond acceptors (Lipinski definition) is 4. The standard InChI is InChI=1S/C13H26N2O3/c1-4-7-18-10-12(16)14-11-13(15(2)3)5-8-17-9-6-13/h4-11H2,1-3H3,(H,14,16). The third kappa shape index (κ3) is 4.55. The average Bonchev–Trinajstić information content (AvgIpc) is 2.37. The van der Waals surface area contributed by atoms with Crippen LogP contribution < -0.4 is 5.32 Å². The number of carbonyl (C=O) groups is 1. The van der Waals surface area contributed by atoms with Gasteiger partial charge in [-0.25, -0.2) is 0 Å². The first-order chi connectivity index (χ1) is 8.60.